The van der Waals surface area contributed by atoms with Crippen LogP contribution in [-0.2, 0) is 16.3 Å². The van der Waals surface area contributed by atoms with E-state index in [1.807, 2.05) is 30.3 Å². The third kappa shape index (κ3) is 5.29. The van der Waals surface area contributed by atoms with Crippen molar-refractivity contribution in [2.45, 2.75) is 11.3 Å². The van der Waals surface area contributed by atoms with Crippen molar-refractivity contribution < 1.29 is 17.9 Å². The Bertz CT molecular complexity index is 1400. The summed E-state index contributed by atoms with van der Waals surface area (Å²) < 4.78 is 30.2. The first-order chi connectivity index (χ1) is 16.3. The number of methoxy groups -OCH3 is 1. The smallest absolute Gasteiger partial charge is 0.251 e. The fraction of sp³-hybridized carbons (Fsp3) is 0.167. The van der Waals surface area contributed by atoms with Crippen LogP contribution in [0.1, 0.15) is 15.9 Å². The largest absolute Gasteiger partial charge is 0.496 e. The van der Waals surface area contributed by atoms with Gasteiger partial charge in [-0.3, -0.25) is 4.79 Å². The molecule has 4 aromatic rings. The number of hydrogen-bond donors (Lipinski definition) is 1. The summed E-state index contributed by atoms with van der Waals surface area (Å²) in [5.41, 5.74) is 3.62. The van der Waals surface area contributed by atoms with E-state index in [4.69, 9.17) is 4.74 Å². The fourth-order valence-electron chi connectivity index (χ4n) is 3.52. The van der Waals surface area contributed by atoms with Gasteiger partial charge in [0, 0.05) is 23.9 Å². The molecule has 0 saturated heterocycles. The van der Waals surface area contributed by atoms with Gasteiger partial charge in [0.25, 0.3) is 5.91 Å². The molecule has 174 valence electrons. The molecule has 1 aromatic heterocycles. The van der Waals surface area contributed by atoms with Crippen LogP contribution < -0.4 is 10.1 Å². The summed E-state index contributed by atoms with van der Waals surface area (Å²) in [7, 11) is -1.64. The van der Waals surface area contributed by atoms with E-state index in [2.05, 4.69) is 20.8 Å². The van der Waals surface area contributed by atoms with E-state index in [9.17, 15) is 13.2 Å². The summed E-state index contributed by atoms with van der Waals surface area (Å²) >= 11 is 0. The molecule has 3 aromatic carbocycles. The van der Waals surface area contributed by atoms with Crippen LogP contribution in [0.2, 0.25) is 0 Å². The highest BCUT2D eigenvalue weighted by Crippen LogP contribution is 2.31. The van der Waals surface area contributed by atoms with Crippen molar-refractivity contribution in [1.29, 1.82) is 0 Å². The number of carbonyl (C=O) groups is 1. The second kappa shape index (κ2) is 9.84. The van der Waals surface area contributed by atoms with Gasteiger partial charge in [0.15, 0.2) is 9.84 Å². The number of para-hydroxylation sites is 1. The van der Waals surface area contributed by atoms with Crippen LogP contribution in [0.15, 0.2) is 78.0 Å². The molecule has 0 aliphatic rings. The molecule has 0 atom stereocenters. The van der Waals surface area contributed by atoms with Gasteiger partial charge < -0.3 is 10.1 Å². The molecule has 4 rings (SSSR count). The standard InChI is InChI=1S/C24H23N5O4S/c1-33-23-6-4-3-5-22(23)18-13-19(15-20(14-18)29-16-26-27-28-29)24(30)25-12-11-17-7-9-21(10-8-17)34(2,31)32/h3-10,13-16H,11-12H2,1-2H3,(H,25,30). The number of hydrogen-bond acceptors (Lipinski definition) is 7. The molecule has 0 bridgehead atoms. The maximum Gasteiger partial charge on any atom is 0.251 e. The molecule has 1 heterocycles. The van der Waals surface area contributed by atoms with Crippen molar-refractivity contribution in [3.05, 3.63) is 84.2 Å². The quantitative estimate of drug-likeness (QED) is 0.415. The lowest BCUT2D eigenvalue weighted by Crippen LogP contribution is -2.26. The number of ether oxygens (including phenoxy) is 1. The van der Waals surface area contributed by atoms with Crippen molar-refractivity contribution in [3.63, 3.8) is 0 Å². The summed E-state index contributed by atoms with van der Waals surface area (Å²) in [6.45, 7) is 0.385. The maximum atomic E-state index is 13.0. The Labute approximate surface area is 197 Å². The van der Waals surface area contributed by atoms with Crippen LogP contribution in [0.25, 0.3) is 16.8 Å². The van der Waals surface area contributed by atoms with Gasteiger partial charge in [-0.05, 0) is 64.4 Å². The van der Waals surface area contributed by atoms with E-state index < -0.39 is 9.84 Å². The van der Waals surface area contributed by atoms with Crippen molar-refractivity contribution >= 4 is 15.7 Å². The van der Waals surface area contributed by atoms with Gasteiger partial charge in [-0.15, -0.1) is 5.10 Å². The van der Waals surface area contributed by atoms with Crippen LogP contribution in [0, 0.1) is 0 Å². The summed E-state index contributed by atoms with van der Waals surface area (Å²) in [5.74, 6) is 0.430. The average Bonchev–Trinajstić information content (AvgIpc) is 3.38. The SMILES string of the molecule is COc1ccccc1-c1cc(C(=O)NCCc2ccc(S(C)(=O)=O)cc2)cc(-n2cnnn2)c1. The third-order valence-corrected chi connectivity index (χ3v) is 6.39. The summed E-state index contributed by atoms with van der Waals surface area (Å²) in [5, 5.41) is 14.2. The zero-order valence-corrected chi connectivity index (χ0v) is 19.5. The fourth-order valence-corrected chi connectivity index (χ4v) is 4.15. The molecule has 0 aliphatic carbocycles. The van der Waals surface area contributed by atoms with E-state index in [1.165, 1.54) is 17.3 Å². The first kappa shape index (κ1) is 23.1. The zero-order chi connectivity index (χ0) is 24.1. The van der Waals surface area contributed by atoms with Crippen LogP contribution in [0.3, 0.4) is 0 Å². The summed E-state index contributed by atoms with van der Waals surface area (Å²) in [6, 6.07) is 19.6. The Morgan fingerprint density at radius 3 is 2.50 bits per heavy atom. The predicted octanol–water partition coefficient (Wildman–Crippen LogP) is 2.71. The number of nitrogens with zero attached hydrogens (tertiary/aromatic N) is 4. The minimum absolute atomic E-state index is 0.251. The van der Waals surface area contributed by atoms with E-state index in [-0.39, 0.29) is 10.8 Å². The topological polar surface area (TPSA) is 116 Å². The number of benzene rings is 3. The number of sulfone groups is 1. The van der Waals surface area contributed by atoms with Gasteiger partial charge in [0.1, 0.15) is 12.1 Å². The number of aromatic nitrogens is 4. The molecule has 1 N–H and O–H groups in total. The summed E-state index contributed by atoms with van der Waals surface area (Å²) in [4.78, 5) is 13.3. The van der Waals surface area contributed by atoms with Crippen LogP contribution >= 0.6 is 0 Å². The Balaban J connectivity index is 1.55. The van der Waals surface area contributed by atoms with Crippen molar-refractivity contribution in [2.24, 2.45) is 0 Å². The Morgan fingerprint density at radius 2 is 1.82 bits per heavy atom. The zero-order valence-electron chi connectivity index (χ0n) is 18.7. The Hall–Kier alpha value is -4.05. The summed E-state index contributed by atoms with van der Waals surface area (Å²) in [6.07, 6.45) is 3.19. The van der Waals surface area contributed by atoms with Crippen molar-refractivity contribution in [3.8, 4) is 22.6 Å². The molecule has 0 unspecified atom stereocenters. The van der Waals surface area contributed by atoms with Gasteiger partial charge >= 0.3 is 0 Å². The lowest BCUT2D eigenvalue weighted by Gasteiger charge is -2.13. The average molecular weight is 478 g/mol. The van der Waals surface area contributed by atoms with E-state index in [0.717, 1.165) is 16.7 Å². The Kier molecular flexibility index (Phi) is 6.69. The van der Waals surface area contributed by atoms with Crippen LogP contribution in [0.5, 0.6) is 5.75 Å². The normalized spacial score (nSPS) is 11.2. The minimum atomic E-state index is -3.24. The number of rotatable bonds is 8. The number of nitrogens with one attached hydrogen (secondary N) is 1. The van der Waals surface area contributed by atoms with Crippen LogP contribution in [-0.4, -0.2) is 54.4 Å². The molecule has 1 amide bonds. The maximum absolute atomic E-state index is 13.0. The highest BCUT2D eigenvalue weighted by Gasteiger charge is 2.14. The molecule has 0 saturated carbocycles. The highest BCUT2D eigenvalue weighted by atomic mass is 32.2. The second-order valence-corrected chi connectivity index (χ2v) is 9.66. The van der Waals surface area contributed by atoms with Crippen LogP contribution in [0.4, 0.5) is 0 Å². The lowest BCUT2D eigenvalue weighted by atomic mass is 10.0. The van der Waals surface area contributed by atoms with E-state index >= 15 is 0 Å². The molecule has 0 radical (unpaired) electrons. The van der Waals surface area contributed by atoms with Gasteiger partial charge in [-0.2, -0.15) is 0 Å². The van der Waals surface area contributed by atoms with Crippen molar-refractivity contribution in [1.82, 2.24) is 25.5 Å². The molecule has 10 heteroatoms. The monoisotopic (exact) mass is 477 g/mol. The first-order valence-corrected chi connectivity index (χ1v) is 12.3. The van der Waals surface area contributed by atoms with Gasteiger partial charge in [0.05, 0.1) is 17.7 Å². The number of tetrazole rings is 1. The number of carbonyl (C=O) groups excluding carboxylic acids is 1. The van der Waals surface area contributed by atoms with Gasteiger partial charge in [0.2, 0.25) is 0 Å². The van der Waals surface area contributed by atoms with E-state index in [0.29, 0.717) is 30.0 Å². The van der Waals surface area contributed by atoms with Gasteiger partial charge in [-0.25, -0.2) is 13.1 Å². The molecule has 0 fully saturated rings. The predicted molar refractivity (Wildman–Crippen MR) is 127 cm³/mol. The molecule has 0 spiro atoms. The molecule has 0 aliphatic heterocycles. The van der Waals surface area contributed by atoms with Crippen molar-refractivity contribution in [2.75, 3.05) is 19.9 Å². The molecular formula is C24H23N5O4S. The number of amides is 1. The third-order valence-electron chi connectivity index (χ3n) is 5.26. The molecular weight excluding hydrogens is 454 g/mol. The minimum Gasteiger partial charge on any atom is -0.496 e. The van der Waals surface area contributed by atoms with Gasteiger partial charge in [-0.1, -0.05) is 30.3 Å². The molecule has 9 nitrogen and oxygen atoms in total. The Morgan fingerprint density at radius 1 is 1.06 bits per heavy atom. The first-order valence-electron chi connectivity index (χ1n) is 10.4. The highest BCUT2D eigenvalue weighted by molar-refractivity contribution is 7.90. The second-order valence-electron chi connectivity index (χ2n) is 7.65. The molecule has 34 heavy (non-hydrogen) atoms. The van der Waals surface area contributed by atoms with E-state index in [1.54, 1.807) is 43.5 Å². The lowest BCUT2D eigenvalue weighted by molar-refractivity contribution is 0.0954.